The van der Waals surface area contributed by atoms with Gasteiger partial charge in [-0.3, -0.25) is 4.79 Å². The van der Waals surface area contributed by atoms with E-state index in [1.165, 1.54) is 6.92 Å². The van der Waals surface area contributed by atoms with Gasteiger partial charge < -0.3 is 20.1 Å². The van der Waals surface area contributed by atoms with Crippen molar-refractivity contribution in [3.8, 4) is 0 Å². The van der Waals surface area contributed by atoms with Crippen molar-refractivity contribution in [1.29, 1.82) is 0 Å². The summed E-state index contributed by atoms with van der Waals surface area (Å²) in [6.07, 6.45) is 1.07. The first kappa shape index (κ1) is 14.8. The molecule has 18 heavy (non-hydrogen) atoms. The summed E-state index contributed by atoms with van der Waals surface area (Å²) in [5.74, 6) is 0.0958. The molecule has 1 heterocycles. The van der Waals surface area contributed by atoms with Crippen LogP contribution in [-0.4, -0.2) is 54.4 Å². The molecule has 0 aromatic carbocycles. The molecule has 6 heteroatoms. The Morgan fingerprint density at radius 2 is 2.17 bits per heavy atom. The molecular weight excluding hydrogens is 236 g/mol. The van der Waals surface area contributed by atoms with E-state index in [-0.39, 0.29) is 30.6 Å². The van der Waals surface area contributed by atoms with Crippen molar-refractivity contribution in [2.24, 2.45) is 5.92 Å². The molecule has 1 aliphatic heterocycles. The average molecular weight is 258 g/mol. The summed E-state index contributed by atoms with van der Waals surface area (Å²) in [5.41, 5.74) is 0. The van der Waals surface area contributed by atoms with E-state index >= 15 is 0 Å². The second-order valence-electron chi connectivity index (χ2n) is 4.62. The number of aliphatic hydroxyl groups excluding tert-OH is 1. The molecule has 0 radical (unpaired) electrons. The highest BCUT2D eigenvalue weighted by Gasteiger charge is 2.30. The van der Waals surface area contributed by atoms with Crippen LogP contribution in [0.4, 0.5) is 4.79 Å². The molecule has 0 saturated carbocycles. The molecule has 0 aliphatic carbocycles. The number of likely N-dealkylation sites (tertiary alicyclic amines) is 1. The predicted octanol–water partition coefficient (Wildman–Crippen LogP) is 0.352. The highest BCUT2D eigenvalue weighted by molar-refractivity contribution is 5.73. The van der Waals surface area contributed by atoms with Crippen LogP contribution in [0.2, 0.25) is 0 Å². The summed E-state index contributed by atoms with van der Waals surface area (Å²) in [5, 5.41) is 11.8. The van der Waals surface area contributed by atoms with Gasteiger partial charge in [0.05, 0.1) is 6.61 Å². The van der Waals surface area contributed by atoms with Gasteiger partial charge in [0.1, 0.15) is 0 Å². The van der Waals surface area contributed by atoms with Gasteiger partial charge in [0.15, 0.2) is 0 Å². The first-order chi connectivity index (χ1) is 8.56. The normalized spacial score (nSPS) is 23.6. The largest absolute Gasteiger partial charge is 0.450 e. The van der Waals surface area contributed by atoms with Gasteiger partial charge in [0.25, 0.3) is 0 Å². The van der Waals surface area contributed by atoms with Crippen molar-refractivity contribution in [1.82, 2.24) is 10.2 Å². The van der Waals surface area contributed by atoms with E-state index in [0.29, 0.717) is 26.1 Å². The van der Waals surface area contributed by atoms with E-state index in [1.807, 2.05) is 0 Å². The molecule has 0 aromatic heterocycles. The van der Waals surface area contributed by atoms with Crippen molar-refractivity contribution in [2.45, 2.75) is 32.7 Å². The third-order valence-corrected chi connectivity index (χ3v) is 3.01. The Bertz CT molecular complexity index is 296. The Balaban J connectivity index is 2.61. The molecule has 1 aliphatic rings. The molecule has 6 nitrogen and oxygen atoms in total. The maximum absolute atomic E-state index is 11.7. The molecule has 2 atom stereocenters. The van der Waals surface area contributed by atoms with E-state index in [0.717, 1.165) is 6.42 Å². The van der Waals surface area contributed by atoms with Gasteiger partial charge in [-0.15, -0.1) is 0 Å². The standard InChI is InChI=1S/C12H22N2O4/c1-3-18-12(17)14-7-10(4-5-15)6-11(8-14)13-9(2)16/h10-11,15H,3-8H2,1-2H3,(H,13,16). The molecule has 2 amide bonds. The van der Waals surface area contributed by atoms with Gasteiger partial charge in [-0.25, -0.2) is 4.79 Å². The van der Waals surface area contributed by atoms with Crippen LogP contribution in [0.5, 0.6) is 0 Å². The lowest BCUT2D eigenvalue weighted by molar-refractivity contribution is -0.120. The summed E-state index contributed by atoms with van der Waals surface area (Å²) in [6.45, 7) is 4.71. The van der Waals surface area contributed by atoms with Crippen LogP contribution in [0, 0.1) is 5.92 Å². The van der Waals surface area contributed by atoms with Crippen molar-refractivity contribution >= 4 is 12.0 Å². The Morgan fingerprint density at radius 1 is 1.44 bits per heavy atom. The highest BCUT2D eigenvalue weighted by atomic mass is 16.6. The number of aliphatic hydroxyl groups is 1. The van der Waals surface area contributed by atoms with Crippen LogP contribution in [0.3, 0.4) is 0 Å². The van der Waals surface area contributed by atoms with Crippen molar-refractivity contribution in [2.75, 3.05) is 26.3 Å². The molecule has 2 unspecified atom stereocenters. The van der Waals surface area contributed by atoms with E-state index in [4.69, 9.17) is 9.84 Å². The zero-order valence-electron chi connectivity index (χ0n) is 11.0. The van der Waals surface area contributed by atoms with Gasteiger partial charge in [0.2, 0.25) is 5.91 Å². The van der Waals surface area contributed by atoms with Crippen LogP contribution in [-0.2, 0) is 9.53 Å². The number of amides is 2. The average Bonchev–Trinajstić information content (AvgIpc) is 2.28. The van der Waals surface area contributed by atoms with E-state index < -0.39 is 0 Å². The minimum Gasteiger partial charge on any atom is -0.450 e. The summed E-state index contributed by atoms with van der Waals surface area (Å²) < 4.78 is 4.97. The summed E-state index contributed by atoms with van der Waals surface area (Å²) in [7, 11) is 0. The lowest BCUT2D eigenvalue weighted by Crippen LogP contribution is -2.52. The fourth-order valence-corrected chi connectivity index (χ4v) is 2.35. The van der Waals surface area contributed by atoms with Crippen molar-refractivity contribution in [3.63, 3.8) is 0 Å². The third kappa shape index (κ3) is 4.52. The fourth-order valence-electron chi connectivity index (χ4n) is 2.35. The number of nitrogens with one attached hydrogen (secondary N) is 1. The number of piperidine rings is 1. The number of rotatable bonds is 4. The maximum atomic E-state index is 11.7. The minimum atomic E-state index is -0.351. The maximum Gasteiger partial charge on any atom is 0.409 e. The number of ether oxygens (including phenoxy) is 1. The van der Waals surface area contributed by atoms with Gasteiger partial charge in [0, 0.05) is 32.7 Å². The van der Waals surface area contributed by atoms with Crippen LogP contribution >= 0.6 is 0 Å². The molecule has 2 N–H and O–H groups in total. The van der Waals surface area contributed by atoms with Gasteiger partial charge in [-0.05, 0) is 25.7 Å². The number of nitrogens with zero attached hydrogens (tertiary/aromatic N) is 1. The molecule has 1 rings (SSSR count). The van der Waals surface area contributed by atoms with Crippen LogP contribution in [0.25, 0.3) is 0 Å². The third-order valence-electron chi connectivity index (χ3n) is 3.01. The topological polar surface area (TPSA) is 78.9 Å². The summed E-state index contributed by atoms with van der Waals surface area (Å²) in [4.78, 5) is 24.4. The fraction of sp³-hybridized carbons (Fsp3) is 0.833. The molecule has 0 spiro atoms. The molecule has 1 fully saturated rings. The zero-order valence-corrected chi connectivity index (χ0v) is 11.0. The van der Waals surface area contributed by atoms with Gasteiger partial charge >= 0.3 is 6.09 Å². The second kappa shape index (κ2) is 7.20. The first-order valence-electron chi connectivity index (χ1n) is 6.36. The van der Waals surface area contributed by atoms with E-state index in [9.17, 15) is 9.59 Å². The lowest BCUT2D eigenvalue weighted by Gasteiger charge is -2.37. The zero-order chi connectivity index (χ0) is 13.5. The molecule has 104 valence electrons. The molecule has 0 aromatic rings. The highest BCUT2D eigenvalue weighted by Crippen LogP contribution is 2.20. The Morgan fingerprint density at radius 3 is 2.72 bits per heavy atom. The SMILES string of the molecule is CCOC(=O)N1CC(CCO)CC(NC(C)=O)C1. The number of carbonyl (C=O) groups excluding carboxylic acids is 2. The Kier molecular flexibility index (Phi) is 5.91. The Labute approximate surface area is 107 Å². The van der Waals surface area contributed by atoms with Gasteiger partial charge in [-0.2, -0.15) is 0 Å². The number of hydrogen-bond acceptors (Lipinski definition) is 4. The second-order valence-corrected chi connectivity index (χ2v) is 4.62. The lowest BCUT2D eigenvalue weighted by atomic mass is 9.92. The minimum absolute atomic E-state index is 0.0581. The van der Waals surface area contributed by atoms with Crippen LogP contribution in [0.15, 0.2) is 0 Å². The first-order valence-corrected chi connectivity index (χ1v) is 6.36. The van der Waals surface area contributed by atoms with E-state index in [2.05, 4.69) is 5.32 Å². The smallest absolute Gasteiger partial charge is 0.409 e. The quantitative estimate of drug-likeness (QED) is 0.762. The van der Waals surface area contributed by atoms with Crippen LogP contribution < -0.4 is 5.32 Å². The summed E-state index contributed by atoms with van der Waals surface area (Å²) in [6, 6.07) is -0.0581. The van der Waals surface area contributed by atoms with Gasteiger partial charge in [-0.1, -0.05) is 0 Å². The van der Waals surface area contributed by atoms with E-state index in [1.54, 1.807) is 11.8 Å². The van der Waals surface area contributed by atoms with Crippen molar-refractivity contribution in [3.05, 3.63) is 0 Å². The number of hydrogen-bond donors (Lipinski definition) is 2. The van der Waals surface area contributed by atoms with Crippen LogP contribution in [0.1, 0.15) is 26.7 Å². The molecule has 0 bridgehead atoms. The molecule has 1 saturated heterocycles. The monoisotopic (exact) mass is 258 g/mol. The number of carbonyl (C=O) groups is 2. The predicted molar refractivity (Wildman–Crippen MR) is 66.0 cm³/mol. The van der Waals surface area contributed by atoms with Crippen molar-refractivity contribution < 1.29 is 19.4 Å². The summed E-state index contributed by atoms with van der Waals surface area (Å²) >= 11 is 0. The Hall–Kier alpha value is -1.30. The molecular formula is C12H22N2O4.